The van der Waals surface area contributed by atoms with Crippen molar-refractivity contribution >= 4 is 39.9 Å². The number of hydrogen-bond acceptors (Lipinski definition) is 10. The van der Waals surface area contributed by atoms with Gasteiger partial charge in [0.15, 0.2) is 16.6 Å². The number of thiazole rings is 1. The lowest BCUT2D eigenvalue weighted by Crippen LogP contribution is -2.29. The first-order chi connectivity index (χ1) is 21.2. The summed E-state index contributed by atoms with van der Waals surface area (Å²) in [7, 11) is 4.21. The first kappa shape index (κ1) is 30.3. The van der Waals surface area contributed by atoms with E-state index < -0.39 is 23.7 Å². The summed E-state index contributed by atoms with van der Waals surface area (Å²) in [5, 5.41) is 11.7. The van der Waals surface area contributed by atoms with E-state index in [0.717, 1.165) is 22.5 Å². The lowest BCUT2D eigenvalue weighted by Gasteiger charge is -2.24. The predicted molar refractivity (Wildman–Crippen MR) is 164 cm³/mol. The minimum absolute atomic E-state index is 0.102. The Hall–Kier alpha value is -5.16. The van der Waals surface area contributed by atoms with E-state index in [9.17, 15) is 19.5 Å². The number of Topliss-reactive ketones (excluding diaryl/α,β-unsaturated/α-hetero) is 1. The molecule has 0 spiro atoms. The molecule has 5 rings (SSSR count). The van der Waals surface area contributed by atoms with Gasteiger partial charge in [0.05, 0.1) is 38.6 Å². The maximum absolute atomic E-state index is 13.7. The molecule has 1 aliphatic heterocycles. The van der Waals surface area contributed by atoms with E-state index in [-0.39, 0.29) is 21.3 Å². The fourth-order valence-corrected chi connectivity index (χ4v) is 6.00. The van der Waals surface area contributed by atoms with E-state index >= 15 is 0 Å². The molecule has 1 aliphatic rings. The third-order valence-electron chi connectivity index (χ3n) is 7.22. The number of rotatable bonds is 9. The van der Waals surface area contributed by atoms with Gasteiger partial charge in [-0.2, -0.15) is 0 Å². The van der Waals surface area contributed by atoms with Gasteiger partial charge in [-0.25, -0.2) is 9.78 Å². The first-order valence-electron chi connectivity index (χ1n) is 13.5. The van der Waals surface area contributed by atoms with Crippen LogP contribution in [0.1, 0.15) is 43.7 Å². The number of benzene rings is 3. The maximum Gasteiger partial charge on any atom is 0.350 e. The fourth-order valence-electron chi connectivity index (χ4n) is 4.98. The summed E-state index contributed by atoms with van der Waals surface area (Å²) in [5.41, 5.74) is 2.69. The summed E-state index contributed by atoms with van der Waals surface area (Å²) in [4.78, 5) is 45.4. The maximum atomic E-state index is 13.7. The van der Waals surface area contributed by atoms with E-state index in [2.05, 4.69) is 4.98 Å². The molecular formula is C33H30N2O8S. The highest BCUT2D eigenvalue weighted by Crippen LogP contribution is 2.45. The number of aliphatic hydroxyl groups excluding tert-OH is 1. The second-order valence-corrected chi connectivity index (χ2v) is 10.9. The van der Waals surface area contributed by atoms with Crippen LogP contribution >= 0.6 is 11.3 Å². The number of aliphatic hydroxyl groups is 1. The third-order valence-corrected chi connectivity index (χ3v) is 8.35. The number of carbonyl (C=O) groups excluding carboxylic acids is 3. The average Bonchev–Trinajstić information content (AvgIpc) is 3.55. The topological polar surface area (TPSA) is 124 Å². The van der Waals surface area contributed by atoms with Crippen LogP contribution in [0.25, 0.3) is 5.76 Å². The number of aromatic nitrogens is 1. The molecule has 11 heteroatoms. The van der Waals surface area contributed by atoms with E-state index in [1.54, 1.807) is 43.3 Å². The van der Waals surface area contributed by atoms with Crippen molar-refractivity contribution in [3.05, 3.63) is 105 Å². The Balaban J connectivity index is 1.61. The lowest BCUT2D eigenvalue weighted by molar-refractivity contribution is -0.132. The highest BCUT2D eigenvalue weighted by atomic mass is 32.1. The number of carbonyl (C=O) groups is 3. The van der Waals surface area contributed by atoms with Crippen LogP contribution in [-0.2, 0) is 20.9 Å². The number of esters is 1. The molecule has 1 saturated heterocycles. The molecule has 2 heterocycles. The van der Waals surface area contributed by atoms with Gasteiger partial charge in [-0.3, -0.25) is 14.5 Å². The van der Waals surface area contributed by atoms with Crippen molar-refractivity contribution in [2.45, 2.75) is 26.5 Å². The molecule has 10 nitrogen and oxygen atoms in total. The van der Waals surface area contributed by atoms with E-state index in [1.165, 1.54) is 26.2 Å². The van der Waals surface area contributed by atoms with Crippen molar-refractivity contribution in [1.29, 1.82) is 0 Å². The zero-order valence-corrected chi connectivity index (χ0v) is 25.6. The molecule has 1 amide bonds. The minimum atomic E-state index is -1.10. The van der Waals surface area contributed by atoms with Crippen LogP contribution in [0.2, 0.25) is 0 Å². The molecule has 1 atom stereocenters. The number of ketones is 1. The molecule has 1 N–H and O–H groups in total. The molecule has 3 aromatic carbocycles. The van der Waals surface area contributed by atoms with Crippen LogP contribution in [0.4, 0.5) is 5.13 Å². The Morgan fingerprint density at radius 1 is 0.932 bits per heavy atom. The summed E-state index contributed by atoms with van der Waals surface area (Å²) in [6, 6.07) is 18.6. The van der Waals surface area contributed by atoms with Crippen molar-refractivity contribution in [2.75, 3.05) is 26.2 Å². The van der Waals surface area contributed by atoms with Crippen LogP contribution in [0.5, 0.6) is 17.2 Å². The van der Waals surface area contributed by atoms with Gasteiger partial charge in [0.2, 0.25) is 0 Å². The molecular weight excluding hydrogens is 584 g/mol. The summed E-state index contributed by atoms with van der Waals surface area (Å²) >= 11 is 0.919. The molecule has 0 unspecified atom stereocenters. The monoisotopic (exact) mass is 614 g/mol. The molecule has 44 heavy (non-hydrogen) atoms. The zero-order valence-electron chi connectivity index (χ0n) is 24.7. The second kappa shape index (κ2) is 12.6. The Labute approximate surface area is 258 Å². The molecule has 0 saturated carbocycles. The highest BCUT2D eigenvalue weighted by Gasteiger charge is 2.48. The average molecular weight is 615 g/mol. The first-order valence-corrected chi connectivity index (χ1v) is 14.4. The van der Waals surface area contributed by atoms with Crippen LogP contribution in [0.3, 0.4) is 0 Å². The van der Waals surface area contributed by atoms with Crippen molar-refractivity contribution in [2.24, 2.45) is 0 Å². The Morgan fingerprint density at radius 2 is 1.64 bits per heavy atom. The predicted octanol–water partition coefficient (Wildman–Crippen LogP) is 5.77. The van der Waals surface area contributed by atoms with E-state index in [0.29, 0.717) is 40.7 Å². The minimum Gasteiger partial charge on any atom is -0.507 e. The standard InChI is InChI=1S/C33H30N2O8S/c1-18-15-22(12-13-23(18)43-17-20-9-7-6-8-10-20)28(36)26-27(21-11-14-24(40-3)25(16-21)41-4)35(31(38)29(26)37)33-34-19(2)30(44-33)32(39)42-5/h6-16,27,36H,17H2,1-5H3/b28-26+/t27-/m1/s1. The third kappa shape index (κ3) is 5.61. The highest BCUT2D eigenvalue weighted by molar-refractivity contribution is 7.17. The number of aryl methyl sites for hydroxylation is 2. The normalized spacial score (nSPS) is 15.8. The van der Waals surface area contributed by atoms with Gasteiger partial charge < -0.3 is 24.1 Å². The Bertz CT molecular complexity index is 1780. The molecule has 226 valence electrons. The van der Waals surface area contributed by atoms with Crippen LogP contribution in [-0.4, -0.2) is 49.1 Å². The van der Waals surface area contributed by atoms with Gasteiger partial charge in [-0.1, -0.05) is 47.7 Å². The second-order valence-electron chi connectivity index (χ2n) is 9.94. The van der Waals surface area contributed by atoms with Gasteiger partial charge in [-0.15, -0.1) is 0 Å². The summed E-state index contributed by atoms with van der Waals surface area (Å²) in [6.07, 6.45) is 0. The van der Waals surface area contributed by atoms with Crippen molar-refractivity contribution < 1.29 is 38.4 Å². The van der Waals surface area contributed by atoms with E-state index in [4.69, 9.17) is 18.9 Å². The number of methoxy groups -OCH3 is 3. The Kier molecular flexibility index (Phi) is 8.68. The number of ether oxygens (including phenoxy) is 4. The van der Waals surface area contributed by atoms with Crippen LogP contribution < -0.4 is 19.1 Å². The zero-order chi connectivity index (χ0) is 31.5. The molecule has 1 fully saturated rings. The lowest BCUT2D eigenvalue weighted by atomic mass is 9.94. The Morgan fingerprint density at radius 3 is 2.30 bits per heavy atom. The summed E-state index contributed by atoms with van der Waals surface area (Å²) < 4.78 is 21.7. The van der Waals surface area contributed by atoms with Gasteiger partial charge in [-0.05, 0) is 60.9 Å². The van der Waals surface area contributed by atoms with Crippen molar-refractivity contribution in [1.82, 2.24) is 4.98 Å². The van der Waals surface area contributed by atoms with Crippen molar-refractivity contribution in [3.8, 4) is 17.2 Å². The quantitative estimate of drug-likeness (QED) is 0.108. The number of hydrogen-bond donors (Lipinski definition) is 1. The largest absolute Gasteiger partial charge is 0.507 e. The molecule has 4 aromatic rings. The smallest absolute Gasteiger partial charge is 0.350 e. The molecule has 0 bridgehead atoms. The molecule has 1 aromatic heterocycles. The number of amides is 1. The fraction of sp³-hybridized carbons (Fsp3) is 0.212. The van der Waals surface area contributed by atoms with Crippen LogP contribution in [0.15, 0.2) is 72.3 Å². The van der Waals surface area contributed by atoms with Gasteiger partial charge in [0.25, 0.3) is 5.78 Å². The molecule has 0 radical (unpaired) electrons. The number of anilines is 1. The van der Waals surface area contributed by atoms with Gasteiger partial charge >= 0.3 is 11.9 Å². The summed E-state index contributed by atoms with van der Waals surface area (Å²) in [6.45, 7) is 3.80. The molecule has 0 aliphatic carbocycles. The number of nitrogens with zero attached hydrogens (tertiary/aromatic N) is 2. The summed E-state index contributed by atoms with van der Waals surface area (Å²) in [5.74, 6) is -1.39. The van der Waals surface area contributed by atoms with Crippen molar-refractivity contribution in [3.63, 3.8) is 0 Å². The van der Waals surface area contributed by atoms with Gasteiger partial charge in [0, 0.05) is 5.56 Å². The van der Waals surface area contributed by atoms with E-state index in [1.807, 2.05) is 37.3 Å². The van der Waals surface area contributed by atoms with Crippen LogP contribution in [0, 0.1) is 13.8 Å². The van der Waals surface area contributed by atoms with Gasteiger partial charge in [0.1, 0.15) is 23.0 Å². The SMILES string of the molecule is COC(=O)c1sc(N2C(=O)C(=O)/C(=C(/O)c3ccc(OCc4ccccc4)c(C)c3)[C@H]2c2ccc(OC)c(OC)c2)nc1C.